The summed E-state index contributed by atoms with van der Waals surface area (Å²) in [6.45, 7) is 4.34. The topological polar surface area (TPSA) is 89.2 Å². The fourth-order valence-corrected chi connectivity index (χ4v) is 3.39. The van der Waals surface area contributed by atoms with E-state index in [2.05, 4.69) is 35.5 Å². The third-order valence-corrected chi connectivity index (χ3v) is 5.23. The summed E-state index contributed by atoms with van der Waals surface area (Å²) in [5, 5.41) is 6.02. The highest BCUT2D eigenvalue weighted by Gasteiger charge is 2.12. The Labute approximate surface area is 167 Å². The van der Waals surface area contributed by atoms with Crippen molar-refractivity contribution < 1.29 is 14.0 Å². The molecule has 1 aromatic carbocycles. The lowest BCUT2D eigenvalue weighted by atomic mass is 10.1. The molecule has 0 aliphatic heterocycles. The van der Waals surface area contributed by atoms with E-state index in [1.165, 1.54) is 22.9 Å². The van der Waals surface area contributed by atoms with Crippen LogP contribution in [0.5, 0.6) is 0 Å². The van der Waals surface area contributed by atoms with Crippen LogP contribution in [0.15, 0.2) is 58.6 Å². The number of amides is 2. The minimum Gasteiger partial charge on any atom is -0.467 e. The number of furan rings is 1. The number of hydrogen-bond acceptors (Lipinski definition) is 5. The van der Waals surface area contributed by atoms with Crippen molar-refractivity contribution in [2.45, 2.75) is 25.5 Å². The number of imidazole rings is 1. The highest BCUT2D eigenvalue weighted by Crippen LogP contribution is 2.24. The van der Waals surface area contributed by atoms with Gasteiger partial charge in [0.15, 0.2) is 5.16 Å². The van der Waals surface area contributed by atoms with Crippen molar-refractivity contribution in [3.05, 3.63) is 65.9 Å². The second-order valence-corrected chi connectivity index (χ2v) is 7.16. The van der Waals surface area contributed by atoms with Crippen LogP contribution in [0.1, 0.15) is 16.9 Å². The van der Waals surface area contributed by atoms with E-state index < -0.39 is 0 Å². The summed E-state index contributed by atoms with van der Waals surface area (Å²) < 4.78 is 7.11. The van der Waals surface area contributed by atoms with Gasteiger partial charge in [-0.15, -0.1) is 0 Å². The maximum Gasteiger partial charge on any atom is 0.239 e. The minimum atomic E-state index is -0.272. The first-order valence-corrected chi connectivity index (χ1v) is 9.81. The van der Waals surface area contributed by atoms with E-state index in [9.17, 15) is 9.59 Å². The third-order valence-electron chi connectivity index (χ3n) is 4.26. The number of aromatic nitrogens is 2. The Bertz CT molecular complexity index is 950. The van der Waals surface area contributed by atoms with Crippen molar-refractivity contribution in [1.29, 1.82) is 0 Å². The molecule has 0 aliphatic carbocycles. The predicted octanol–water partition coefficient (Wildman–Crippen LogP) is 2.61. The maximum atomic E-state index is 12.1. The number of carbonyl (C=O) groups is 2. The Morgan fingerprint density at radius 1 is 1.14 bits per heavy atom. The molecule has 2 N–H and O–H groups in total. The molecule has 8 heteroatoms. The van der Waals surface area contributed by atoms with Gasteiger partial charge in [-0.25, -0.2) is 4.98 Å². The summed E-state index contributed by atoms with van der Waals surface area (Å²) in [6.07, 6.45) is 5.14. The summed E-state index contributed by atoms with van der Waals surface area (Å²) in [6, 6.07) is 9.61. The molecule has 0 saturated heterocycles. The molecule has 3 aromatic rings. The highest BCUT2D eigenvalue weighted by molar-refractivity contribution is 7.99. The van der Waals surface area contributed by atoms with Crippen LogP contribution in [0.2, 0.25) is 0 Å². The van der Waals surface area contributed by atoms with E-state index in [0.29, 0.717) is 12.3 Å². The SMILES string of the molecule is Cc1cccc(-n2ccnc2SCC(=O)NCC(=O)NCc2ccco2)c1C. The molecule has 0 atom stereocenters. The molecule has 3 rings (SSSR count). The van der Waals surface area contributed by atoms with Gasteiger partial charge in [-0.3, -0.25) is 14.2 Å². The van der Waals surface area contributed by atoms with E-state index in [-0.39, 0.29) is 24.1 Å². The average Bonchev–Trinajstić information content (AvgIpc) is 3.37. The smallest absolute Gasteiger partial charge is 0.239 e. The van der Waals surface area contributed by atoms with Gasteiger partial charge in [0.25, 0.3) is 0 Å². The Hall–Kier alpha value is -3.00. The zero-order valence-corrected chi connectivity index (χ0v) is 16.6. The van der Waals surface area contributed by atoms with Gasteiger partial charge in [-0.2, -0.15) is 0 Å². The molecule has 0 saturated carbocycles. The summed E-state index contributed by atoms with van der Waals surface area (Å²) in [5.41, 5.74) is 3.40. The Kier molecular flexibility index (Phi) is 6.54. The number of nitrogens with zero attached hydrogens (tertiary/aromatic N) is 2. The van der Waals surface area contributed by atoms with Crippen molar-refractivity contribution in [2.24, 2.45) is 0 Å². The van der Waals surface area contributed by atoms with Crippen molar-refractivity contribution in [3.63, 3.8) is 0 Å². The number of benzene rings is 1. The molecule has 0 aliphatic rings. The first-order valence-electron chi connectivity index (χ1n) is 8.83. The second-order valence-electron chi connectivity index (χ2n) is 6.22. The van der Waals surface area contributed by atoms with Crippen molar-refractivity contribution >= 4 is 23.6 Å². The first kappa shape index (κ1) is 19.8. The van der Waals surface area contributed by atoms with Gasteiger partial charge < -0.3 is 15.1 Å². The van der Waals surface area contributed by atoms with Crippen LogP contribution in [0, 0.1) is 13.8 Å². The van der Waals surface area contributed by atoms with Crippen molar-refractivity contribution in [1.82, 2.24) is 20.2 Å². The van der Waals surface area contributed by atoms with E-state index in [1.807, 2.05) is 22.9 Å². The molecule has 2 heterocycles. The van der Waals surface area contributed by atoms with Gasteiger partial charge in [-0.1, -0.05) is 23.9 Å². The van der Waals surface area contributed by atoms with E-state index in [0.717, 1.165) is 10.8 Å². The molecule has 2 amide bonds. The number of nitrogens with one attached hydrogen (secondary N) is 2. The van der Waals surface area contributed by atoms with Crippen molar-refractivity contribution in [3.8, 4) is 5.69 Å². The molecule has 2 aromatic heterocycles. The number of hydrogen-bond donors (Lipinski definition) is 2. The van der Waals surface area contributed by atoms with Crippen LogP contribution >= 0.6 is 11.8 Å². The molecule has 0 fully saturated rings. The van der Waals surface area contributed by atoms with Gasteiger partial charge in [0.05, 0.1) is 30.8 Å². The highest BCUT2D eigenvalue weighted by atomic mass is 32.2. The molecule has 28 heavy (non-hydrogen) atoms. The predicted molar refractivity (Wildman–Crippen MR) is 107 cm³/mol. The van der Waals surface area contributed by atoms with E-state index >= 15 is 0 Å². The lowest BCUT2D eigenvalue weighted by molar-refractivity contribution is -0.124. The number of aryl methyl sites for hydroxylation is 1. The number of thioether (sulfide) groups is 1. The Morgan fingerprint density at radius 2 is 2.00 bits per heavy atom. The van der Waals surface area contributed by atoms with Gasteiger partial charge >= 0.3 is 0 Å². The fraction of sp³-hybridized carbons (Fsp3) is 0.250. The monoisotopic (exact) mass is 398 g/mol. The molecular weight excluding hydrogens is 376 g/mol. The summed E-state index contributed by atoms with van der Waals surface area (Å²) in [4.78, 5) is 28.2. The Balaban J connectivity index is 1.48. The van der Waals surface area contributed by atoms with Gasteiger partial charge in [0, 0.05) is 12.4 Å². The van der Waals surface area contributed by atoms with Crippen LogP contribution < -0.4 is 10.6 Å². The standard InChI is InChI=1S/C20H22N4O3S/c1-14-5-3-7-17(15(14)2)24-9-8-21-20(24)28-13-19(26)23-12-18(25)22-11-16-6-4-10-27-16/h3-10H,11-13H2,1-2H3,(H,22,25)(H,23,26). The minimum absolute atomic E-state index is 0.0778. The zero-order valence-electron chi connectivity index (χ0n) is 15.8. The molecule has 0 radical (unpaired) electrons. The second kappa shape index (κ2) is 9.27. The normalized spacial score (nSPS) is 10.6. The largest absolute Gasteiger partial charge is 0.467 e. The maximum absolute atomic E-state index is 12.1. The molecule has 7 nitrogen and oxygen atoms in total. The first-order chi connectivity index (χ1) is 13.5. The summed E-state index contributed by atoms with van der Waals surface area (Å²) in [7, 11) is 0. The van der Waals surface area contributed by atoms with Crippen LogP contribution in [-0.4, -0.2) is 33.7 Å². The van der Waals surface area contributed by atoms with Crippen LogP contribution in [0.3, 0.4) is 0 Å². The van der Waals surface area contributed by atoms with Gasteiger partial charge in [-0.05, 0) is 43.2 Å². The molecule has 146 valence electrons. The van der Waals surface area contributed by atoms with E-state index in [4.69, 9.17) is 4.42 Å². The summed E-state index contributed by atoms with van der Waals surface area (Å²) >= 11 is 1.33. The average molecular weight is 398 g/mol. The van der Waals surface area contributed by atoms with E-state index in [1.54, 1.807) is 24.6 Å². The third kappa shape index (κ3) is 5.04. The lowest BCUT2D eigenvalue weighted by Gasteiger charge is -2.12. The summed E-state index contributed by atoms with van der Waals surface area (Å²) in [5.74, 6) is 0.335. The van der Waals surface area contributed by atoms with Gasteiger partial charge in [0.1, 0.15) is 5.76 Å². The van der Waals surface area contributed by atoms with Gasteiger partial charge in [0.2, 0.25) is 11.8 Å². The number of carbonyl (C=O) groups excluding carboxylic acids is 2. The van der Waals surface area contributed by atoms with Crippen LogP contribution in [-0.2, 0) is 16.1 Å². The fourth-order valence-electron chi connectivity index (χ4n) is 2.60. The zero-order chi connectivity index (χ0) is 19.9. The molecule has 0 bridgehead atoms. The quantitative estimate of drug-likeness (QED) is 0.570. The molecule has 0 unspecified atom stereocenters. The Morgan fingerprint density at radius 3 is 2.79 bits per heavy atom. The lowest BCUT2D eigenvalue weighted by Crippen LogP contribution is -2.37. The number of rotatable bonds is 8. The van der Waals surface area contributed by atoms with Crippen LogP contribution in [0.25, 0.3) is 5.69 Å². The van der Waals surface area contributed by atoms with Crippen molar-refractivity contribution in [2.75, 3.05) is 12.3 Å². The molecule has 0 spiro atoms. The molecular formula is C20H22N4O3S. The van der Waals surface area contributed by atoms with Crippen LogP contribution in [0.4, 0.5) is 0 Å².